The van der Waals surface area contributed by atoms with Crippen molar-refractivity contribution in [1.82, 2.24) is 5.32 Å². The van der Waals surface area contributed by atoms with Gasteiger partial charge in [-0.1, -0.05) is 43.0 Å². The van der Waals surface area contributed by atoms with Gasteiger partial charge in [-0.2, -0.15) is 0 Å². The molecule has 0 radical (unpaired) electrons. The van der Waals surface area contributed by atoms with E-state index >= 15 is 0 Å². The molecule has 16 heavy (non-hydrogen) atoms. The summed E-state index contributed by atoms with van der Waals surface area (Å²) < 4.78 is 0. The third-order valence-corrected chi connectivity index (χ3v) is 4.46. The Morgan fingerprint density at radius 1 is 1.12 bits per heavy atom. The van der Waals surface area contributed by atoms with Crippen molar-refractivity contribution in [2.75, 3.05) is 0 Å². The van der Waals surface area contributed by atoms with Crippen LogP contribution >= 0.6 is 11.6 Å². The fourth-order valence-corrected chi connectivity index (χ4v) is 3.51. The molecule has 0 bridgehead atoms. The summed E-state index contributed by atoms with van der Waals surface area (Å²) in [6, 6.07) is 6.91. The summed E-state index contributed by atoms with van der Waals surface area (Å²) in [6.45, 7) is 0.955. The van der Waals surface area contributed by atoms with Crippen LogP contribution in [0.5, 0.6) is 0 Å². The summed E-state index contributed by atoms with van der Waals surface area (Å²) in [6.07, 6.45) is 6.98. The lowest BCUT2D eigenvalue weighted by Gasteiger charge is -2.28. The highest BCUT2D eigenvalue weighted by atomic mass is 35.5. The molecule has 3 rings (SSSR count). The first-order chi connectivity index (χ1) is 7.86. The lowest BCUT2D eigenvalue weighted by atomic mass is 9.81. The van der Waals surface area contributed by atoms with Crippen LogP contribution in [0.4, 0.5) is 0 Å². The summed E-state index contributed by atoms with van der Waals surface area (Å²) in [5.41, 5.74) is 2.79. The van der Waals surface area contributed by atoms with Crippen molar-refractivity contribution >= 4 is 11.6 Å². The van der Waals surface area contributed by atoms with Crippen molar-refractivity contribution in [2.24, 2.45) is 5.92 Å². The molecule has 1 saturated carbocycles. The summed E-state index contributed by atoms with van der Waals surface area (Å²) in [5.74, 6) is 0.827. The van der Waals surface area contributed by atoms with Gasteiger partial charge in [-0.25, -0.2) is 0 Å². The van der Waals surface area contributed by atoms with Crippen molar-refractivity contribution in [3.63, 3.8) is 0 Å². The second-order valence-corrected chi connectivity index (χ2v) is 5.47. The predicted molar refractivity (Wildman–Crippen MR) is 67.6 cm³/mol. The molecule has 1 fully saturated rings. The smallest absolute Gasteiger partial charge is 0.0454 e. The minimum Gasteiger partial charge on any atom is -0.306 e. The molecule has 0 aromatic heterocycles. The molecule has 1 aliphatic carbocycles. The molecule has 1 aliphatic heterocycles. The van der Waals surface area contributed by atoms with E-state index in [0.29, 0.717) is 6.04 Å². The fourth-order valence-electron chi connectivity index (χ4n) is 3.26. The van der Waals surface area contributed by atoms with Crippen LogP contribution in [-0.4, -0.2) is 0 Å². The molecular formula is C14H18ClN. The summed E-state index contributed by atoms with van der Waals surface area (Å²) in [7, 11) is 0. The van der Waals surface area contributed by atoms with Crippen LogP contribution in [0.15, 0.2) is 18.2 Å². The molecule has 1 aromatic rings. The molecule has 2 aliphatic rings. The van der Waals surface area contributed by atoms with Crippen molar-refractivity contribution < 1.29 is 0 Å². The lowest BCUT2D eigenvalue weighted by Crippen LogP contribution is -2.23. The maximum atomic E-state index is 6.23. The SMILES string of the molecule is Clc1cccc2c1CNC2C1CCCCC1. The van der Waals surface area contributed by atoms with Crippen LogP contribution in [0.1, 0.15) is 49.3 Å². The number of nitrogens with one attached hydrogen (secondary N) is 1. The maximum Gasteiger partial charge on any atom is 0.0454 e. The van der Waals surface area contributed by atoms with E-state index in [0.717, 1.165) is 17.5 Å². The summed E-state index contributed by atoms with van der Waals surface area (Å²) in [4.78, 5) is 0. The Labute approximate surface area is 102 Å². The number of benzene rings is 1. The Balaban J connectivity index is 1.87. The molecule has 1 nitrogen and oxygen atoms in total. The fraction of sp³-hybridized carbons (Fsp3) is 0.571. The topological polar surface area (TPSA) is 12.0 Å². The molecule has 0 spiro atoms. The average molecular weight is 236 g/mol. The Morgan fingerprint density at radius 3 is 2.75 bits per heavy atom. The van der Waals surface area contributed by atoms with Crippen LogP contribution in [-0.2, 0) is 6.54 Å². The Morgan fingerprint density at radius 2 is 1.94 bits per heavy atom. The molecular weight excluding hydrogens is 218 g/mol. The maximum absolute atomic E-state index is 6.23. The quantitative estimate of drug-likeness (QED) is 0.774. The highest BCUT2D eigenvalue weighted by Gasteiger charge is 2.30. The van der Waals surface area contributed by atoms with Gasteiger partial charge in [-0.05, 0) is 36.0 Å². The van der Waals surface area contributed by atoms with Gasteiger partial charge in [0.05, 0.1) is 0 Å². The predicted octanol–water partition coefficient (Wildman–Crippen LogP) is 4.06. The van der Waals surface area contributed by atoms with Crippen LogP contribution < -0.4 is 5.32 Å². The third kappa shape index (κ3) is 1.76. The summed E-state index contributed by atoms with van der Waals surface area (Å²) >= 11 is 6.23. The number of rotatable bonds is 1. The van der Waals surface area contributed by atoms with Crippen LogP contribution in [0, 0.1) is 5.92 Å². The van der Waals surface area contributed by atoms with Gasteiger partial charge in [0.2, 0.25) is 0 Å². The van der Waals surface area contributed by atoms with E-state index in [2.05, 4.69) is 17.4 Å². The first kappa shape index (κ1) is 10.6. The zero-order valence-electron chi connectivity index (χ0n) is 9.51. The standard InChI is InChI=1S/C14H18ClN/c15-13-8-4-7-11-12(13)9-16-14(11)10-5-2-1-3-6-10/h4,7-8,10,14,16H,1-3,5-6,9H2. The van der Waals surface area contributed by atoms with E-state index in [1.165, 1.54) is 43.2 Å². The first-order valence-electron chi connectivity index (χ1n) is 6.37. The van der Waals surface area contributed by atoms with Gasteiger partial charge >= 0.3 is 0 Å². The minimum absolute atomic E-state index is 0.564. The van der Waals surface area contributed by atoms with E-state index < -0.39 is 0 Å². The molecule has 2 heteroatoms. The van der Waals surface area contributed by atoms with E-state index in [-0.39, 0.29) is 0 Å². The van der Waals surface area contributed by atoms with Gasteiger partial charge in [0, 0.05) is 17.6 Å². The van der Waals surface area contributed by atoms with Gasteiger partial charge in [-0.15, -0.1) is 0 Å². The van der Waals surface area contributed by atoms with Gasteiger partial charge in [0.1, 0.15) is 0 Å². The van der Waals surface area contributed by atoms with Gasteiger partial charge in [-0.3, -0.25) is 0 Å². The van der Waals surface area contributed by atoms with Gasteiger partial charge in [0.25, 0.3) is 0 Å². The van der Waals surface area contributed by atoms with E-state index in [4.69, 9.17) is 11.6 Å². The molecule has 0 saturated heterocycles. The second-order valence-electron chi connectivity index (χ2n) is 5.06. The number of hydrogen-bond acceptors (Lipinski definition) is 1. The number of fused-ring (bicyclic) bond motifs is 1. The molecule has 1 heterocycles. The zero-order valence-corrected chi connectivity index (χ0v) is 10.3. The lowest BCUT2D eigenvalue weighted by molar-refractivity contribution is 0.282. The minimum atomic E-state index is 0.564. The number of halogens is 1. The van der Waals surface area contributed by atoms with E-state index in [9.17, 15) is 0 Å². The molecule has 1 aromatic carbocycles. The molecule has 1 N–H and O–H groups in total. The highest BCUT2D eigenvalue weighted by molar-refractivity contribution is 6.31. The van der Waals surface area contributed by atoms with Crippen molar-refractivity contribution in [3.8, 4) is 0 Å². The Hall–Kier alpha value is -0.530. The summed E-state index contributed by atoms with van der Waals surface area (Å²) in [5, 5.41) is 4.58. The Kier molecular flexibility index (Phi) is 2.91. The molecule has 86 valence electrons. The highest BCUT2D eigenvalue weighted by Crippen LogP contribution is 2.40. The van der Waals surface area contributed by atoms with Gasteiger partial charge in [0.15, 0.2) is 0 Å². The first-order valence-corrected chi connectivity index (χ1v) is 6.75. The zero-order chi connectivity index (χ0) is 11.0. The van der Waals surface area contributed by atoms with E-state index in [1.807, 2.05) is 6.07 Å². The van der Waals surface area contributed by atoms with Crippen LogP contribution in [0.2, 0.25) is 5.02 Å². The van der Waals surface area contributed by atoms with Crippen molar-refractivity contribution in [1.29, 1.82) is 0 Å². The monoisotopic (exact) mass is 235 g/mol. The van der Waals surface area contributed by atoms with Crippen molar-refractivity contribution in [3.05, 3.63) is 34.3 Å². The molecule has 0 amide bonds. The molecule has 1 unspecified atom stereocenters. The Bertz CT molecular complexity index is 382. The van der Waals surface area contributed by atoms with Crippen molar-refractivity contribution in [2.45, 2.75) is 44.7 Å². The normalized spacial score (nSPS) is 25.7. The van der Waals surface area contributed by atoms with Crippen LogP contribution in [0.25, 0.3) is 0 Å². The largest absolute Gasteiger partial charge is 0.306 e. The average Bonchev–Trinajstić information content (AvgIpc) is 2.75. The van der Waals surface area contributed by atoms with E-state index in [1.54, 1.807) is 0 Å². The van der Waals surface area contributed by atoms with Gasteiger partial charge < -0.3 is 5.32 Å². The molecule has 1 atom stereocenters. The van der Waals surface area contributed by atoms with Crippen LogP contribution in [0.3, 0.4) is 0 Å². The third-order valence-electron chi connectivity index (χ3n) is 4.11. The second kappa shape index (κ2) is 4.38. The number of hydrogen-bond donors (Lipinski definition) is 1.